The minimum Gasteiger partial charge on any atom is -0.392 e. The molecule has 0 bridgehead atoms. The maximum atomic E-state index is 12.8. The van der Waals surface area contributed by atoms with Crippen molar-refractivity contribution < 1.29 is 24.2 Å². The van der Waals surface area contributed by atoms with E-state index in [2.05, 4.69) is 11.9 Å². The second kappa shape index (κ2) is 11.4. The molecule has 0 aliphatic carbocycles. The molecule has 0 radical (unpaired) electrons. The van der Waals surface area contributed by atoms with Crippen LogP contribution in [0.15, 0.2) is 79.1 Å². The van der Waals surface area contributed by atoms with Crippen LogP contribution in [0.25, 0.3) is 0 Å². The van der Waals surface area contributed by atoms with Crippen LogP contribution in [-0.4, -0.2) is 37.5 Å². The van der Waals surface area contributed by atoms with Crippen molar-refractivity contribution in [3.05, 3.63) is 123 Å². The Morgan fingerprint density at radius 3 is 2.05 bits per heavy atom. The van der Waals surface area contributed by atoms with Crippen molar-refractivity contribution in [3.8, 4) is 0 Å². The maximum Gasteiger partial charge on any atom is 0.261 e. The number of rotatable bonds is 7. The Morgan fingerprint density at radius 1 is 0.854 bits per heavy atom. The molecular weight excluding hydrogens is 565 g/mol. The largest absolute Gasteiger partial charge is 0.392 e. The smallest absolute Gasteiger partial charge is 0.261 e. The van der Waals surface area contributed by atoms with Gasteiger partial charge < -0.3 is 19.1 Å². The van der Waals surface area contributed by atoms with E-state index >= 15 is 0 Å². The van der Waals surface area contributed by atoms with E-state index in [-0.39, 0.29) is 48.2 Å². The molecule has 6 rings (SSSR count). The van der Waals surface area contributed by atoms with Crippen LogP contribution in [0, 0.1) is 5.92 Å². The molecule has 2 aliphatic heterocycles. The molecule has 3 aromatic carbocycles. The number of halogens is 2. The summed E-state index contributed by atoms with van der Waals surface area (Å²) >= 11 is 12.4. The number of carbonyl (C=O) groups excluding carboxylic acids is 2. The van der Waals surface area contributed by atoms with Gasteiger partial charge in [-0.15, -0.1) is 0 Å². The molecule has 1 N–H and O–H groups in total. The quantitative estimate of drug-likeness (QED) is 0.266. The first-order valence-electron chi connectivity index (χ1n) is 13.2. The molecule has 4 aromatic rings. The third-order valence-electron chi connectivity index (χ3n) is 7.70. The van der Waals surface area contributed by atoms with Crippen LogP contribution in [0.1, 0.15) is 62.3 Å². The van der Waals surface area contributed by atoms with E-state index in [9.17, 15) is 14.7 Å². The molecule has 0 saturated carbocycles. The number of ether oxygens (including phenoxy) is 2. The van der Waals surface area contributed by atoms with Gasteiger partial charge in [-0.3, -0.25) is 14.5 Å². The van der Waals surface area contributed by atoms with Crippen molar-refractivity contribution >= 4 is 35.0 Å². The van der Waals surface area contributed by atoms with E-state index in [1.54, 1.807) is 35.2 Å². The number of hydrogen-bond donors (Lipinski definition) is 1. The zero-order chi connectivity index (χ0) is 28.7. The van der Waals surface area contributed by atoms with E-state index in [0.717, 1.165) is 22.3 Å². The molecule has 0 spiro atoms. The van der Waals surface area contributed by atoms with E-state index < -0.39 is 6.29 Å². The van der Waals surface area contributed by atoms with Crippen molar-refractivity contribution in [1.29, 1.82) is 0 Å². The summed E-state index contributed by atoms with van der Waals surface area (Å²) in [5.41, 5.74) is 4.23. The Bertz CT molecular complexity index is 1550. The zero-order valence-electron chi connectivity index (χ0n) is 22.1. The number of nitrogens with zero attached hydrogens (tertiary/aromatic N) is 3. The molecular formula is C31H27Cl2N3O5. The zero-order valence-corrected chi connectivity index (χ0v) is 23.6. The van der Waals surface area contributed by atoms with Crippen LogP contribution >= 0.6 is 23.2 Å². The lowest BCUT2D eigenvalue weighted by Crippen LogP contribution is -2.39. The number of amides is 2. The minimum atomic E-state index is -0.690. The van der Waals surface area contributed by atoms with Crippen molar-refractivity contribution in [2.24, 2.45) is 5.92 Å². The summed E-state index contributed by atoms with van der Waals surface area (Å²) in [5.74, 6) is -0.644. The van der Waals surface area contributed by atoms with Gasteiger partial charge in [0.25, 0.3) is 11.8 Å². The predicted octanol–water partition coefficient (Wildman–Crippen LogP) is 5.97. The molecule has 2 amide bonds. The molecule has 1 fully saturated rings. The van der Waals surface area contributed by atoms with Crippen LogP contribution in [0.2, 0.25) is 10.3 Å². The van der Waals surface area contributed by atoms with Gasteiger partial charge in [0.2, 0.25) is 0 Å². The lowest BCUT2D eigenvalue weighted by Gasteiger charge is -2.41. The summed E-state index contributed by atoms with van der Waals surface area (Å²) in [4.78, 5) is 31.0. The number of imidazole rings is 1. The van der Waals surface area contributed by atoms with E-state index in [4.69, 9.17) is 32.7 Å². The Kier molecular flexibility index (Phi) is 7.68. The molecule has 41 heavy (non-hydrogen) atoms. The Hall–Kier alpha value is -3.53. The first kappa shape index (κ1) is 27.6. The summed E-state index contributed by atoms with van der Waals surface area (Å²) in [6.07, 6.45) is 0.300. The second-order valence-electron chi connectivity index (χ2n) is 10.3. The number of aliphatic hydroxyl groups excluding tert-OH is 1. The topological polar surface area (TPSA) is 93.9 Å². The Labute approximate surface area is 247 Å². The first-order chi connectivity index (χ1) is 19.8. The van der Waals surface area contributed by atoms with Gasteiger partial charge in [-0.2, -0.15) is 0 Å². The molecule has 8 nitrogen and oxygen atoms in total. The summed E-state index contributed by atoms with van der Waals surface area (Å²) in [5, 5.41) is 10.0. The Balaban J connectivity index is 1.24. The fraction of sp³-hybridized carbons (Fsp3) is 0.258. The third-order valence-corrected chi connectivity index (χ3v) is 8.47. The molecule has 10 heteroatoms. The highest BCUT2D eigenvalue weighted by atomic mass is 35.5. The molecule has 4 atom stereocenters. The fourth-order valence-corrected chi connectivity index (χ4v) is 5.65. The highest BCUT2D eigenvalue weighted by Crippen LogP contribution is 2.42. The summed E-state index contributed by atoms with van der Waals surface area (Å²) < 4.78 is 14.7. The van der Waals surface area contributed by atoms with Crippen molar-refractivity contribution in [2.45, 2.75) is 45.1 Å². The van der Waals surface area contributed by atoms with Gasteiger partial charge in [-0.1, -0.05) is 90.8 Å². The van der Waals surface area contributed by atoms with Gasteiger partial charge in [0.15, 0.2) is 11.4 Å². The Morgan fingerprint density at radius 2 is 1.46 bits per heavy atom. The standard InChI is InChI=1S/C31H27Cl2N3O5/c1-18-25(15-35-17-34-27(32)28(35)33)40-31(41-26(18)21-10-8-20(16-37)9-11-21)22-12-6-19(7-13-22)14-36-29(38)23-4-2-3-5-24(23)30(36)39/h2-13,17-18,25-26,31,37H,14-16H2,1H3. The van der Waals surface area contributed by atoms with Gasteiger partial charge in [-0.25, -0.2) is 4.98 Å². The molecule has 2 aliphatic rings. The first-order valence-corrected chi connectivity index (χ1v) is 14.0. The van der Waals surface area contributed by atoms with Crippen LogP contribution in [0.5, 0.6) is 0 Å². The van der Waals surface area contributed by atoms with E-state index in [1.165, 1.54) is 4.90 Å². The van der Waals surface area contributed by atoms with Crippen LogP contribution < -0.4 is 0 Å². The highest BCUT2D eigenvalue weighted by Gasteiger charge is 2.39. The van der Waals surface area contributed by atoms with Gasteiger partial charge in [0.1, 0.15) is 5.15 Å². The summed E-state index contributed by atoms with van der Waals surface area (Å²) in [6.45, 7) is 2.60. The number of imide groups is 1. The van der Waals surface area contributed by atoms with Crippen molar-refractivity contribution in [3.63, 3.8) is 0 Å². The molecule has 3 heterocycles. The van der Waals surface area contributed by atoms with Crippen molar-refractivity contribution in [2.75, 3.05) is 0 Å². The highest BCUT2D eigenvalue weighted by molar-refractivity contribution is 6.40. The van der Waals surface area contributed by atoms with Crippen LogP contribution in [0.3, 0.4) is 0 Å². The van der Waals surface area contributed by atoms with Gasteiger partial charge >= 0.3 is 0 Å². The van der Waals surface area contributed by atoms with E-state index in [1.807, 2.05) is 48.5 Å². The number of benzene rings is 3. The third kappa shape index (κ3) is 5.29. The maximum absolute atomic E-state index is 12.8. The van der Waals surface area contributed by atoms with Crippen LogP contribution in [-0.2, 0) is 29.2 Å². The number of aromatic nitrogens is 2. The number of hydrogen-bond acceptors (Lipinski definition) is 6. The normalized spacial score (nSPS) is 22.3. The number of fused-ring (bicyclic) bond motifs is 1. The van der Waals surface area contributed by atoms with E-state index in [0.29, 0.717) is 22.8 Å². The van der Waals surface area contributed by atoms with Gasteiger partial charge in [0.05, 0.1) is 49.4 Å². The van der Waals surface area contributed by atoms with Gasteiger partial charge in [-0.05, 0) is 28.8 Å². The number of aliphatic hydroxyl groups is 1. The van der Waals surface area contributed by atoms with Crippen molar-refractivity contribution in [1.82, 2.24) is 14.5 Å². The monoisotopic (exact) mass is 591 g/mol. The minimum absolute atomic E-state index is 0.0390. The molecule has 210 valence electrons. The van der Waals surface area contributed by atoms with Gasteiger partial charge in [0, 0.05) is 11.5 Å². The lowest BCUT2D eigenvalue weighted by atomic mass is 9.90. The molecule has 1 saturated heterocycles. The molecule has 1 aromatic heterocycles. The predicted molar refractivity (Wildman–Crippen MR) is 152 cm³/mol. The average Bonchev–Trinajstić information content (AvgIpc) is 3.44. The fourth-order valence-electron chi connectivity index (χ4n) is 5.34. The lowest BCUT2D eigenvalue weighted by molar-refractivity contribution is -0.276. The molecule has 4 unspecified atom stereocenters. The number of carbonyl (C=O) groups is 2. The SMILES string of the molecule is CC1C(Cn2cnc(Cl)c2Cl)OC(c2ccc(CN3C(=O)c4ccccc4C3=O)cc2)OC1c1ccc(CO)cc1. The summed E-state index contributed by atoms with van der Waals surface area (Å²) in [7, 11) is 0. The van der Waals surface area contributed by atoms with Crippen LogP contribution in [0.4, 0.5) is 0 Å². The average molecular weight is 592 g/mol. The summed E-state index contributed by atoms with van der Waals surface area (Å²) in [6, 6.07) is 22.0. The second-order valence-corrected chi connectivity index (χ2v) is 11.0.